The molecule has 1 aromatic carbocycles. The lowest BCUT2D eigenvalue weighted by Crippen LogP contribution is -2.19. The topological polar surface area (TPSA) is 29.5 Å². The number of carbonyl (C=O) groups excluding carboxylic acids is 1. The van der Waals surface area contributed by atoms with Crippen LogP contribution >= 0.6 is 15.9 Å². The van der Waals surface area contributed by atoms with Gasteiger partial charge in [0, 0.05) is 28.7 Å². The zero-order chi connectivity index (χ0) is 12.3. The van der Waals surface area contributed by atoms with Crippen molar-refractivity contribution in [3.05, 3.63) is 23.8 Å². The molecule has 3 nitrogen and oxygen atoms in total. The predicted molar refractivity (Wildman–Crippen MR) is 69.8 cm³/mol. The molecule has 0 aliphatic rings. The molecule has 0 aliphatic heterocycles. The Balaban J connectivity index is 3.16. The van der Waals surface area contributed by atoms with E-state index >= 15 is 0 Å². The summed E-state index contributed by atoms with van der Waals surface area (Å²) in [4.78, 5) is 12.6. The van der Waals surface area contributed by atoms with E-state index in [0.29, 0.717) is 5.92 Å². The minimum atomic E-state index is -0.160. The summed E-state index contributed by atoms with van der Waals surface area (Å²) < 4.78 is 5.29. The van der Waals surface area contributed by atoms with E-state index in [2.05, 4.69) is 29.8 Å². The monoisotopic (exact) mass is 285 g/mol. The summed E-state index contributed by atoms with van der Waals surface area (Å²) in [5.74, 6) is 1.21. The number of hydrogen-bond donors (Lipinski definition) is 0. The van der Waals surface area contributed by atoms with E-state index < -0.39 is 0 Å². The number of anilines is 1. The lowest BCUT2D eigenvalue weighted by atomic mass is 10.0. The van der Waals surface area contributed by atoms with Gasteiger partial charge in [0.1, 0.15) is 5.75 Å². The average Bonchev–Trinajstić information content (AvgIpc) is 2.26. The Morgan fingerprint density at radius 1 is 1.44 bits per heavy atom. The summed E-state index contributed by atoms with van der Waals surface area (Å²) >= 11 is 2.93. The highest BCUT2D eigenvalue weighted by molar-refractivity contribution is 9.18. The molecule has 1 aromatic rings. The van der Waals surface area contributed by atoms with E-state index in [1.54, 1.807) is 19.1 Å². The molecule has 0 radical (unpaired) electrons. The Hall–Kier alpha value is -1.03. The highest BCUT2D eigenvalue weighted by Gasteiger charge is 2.12. The zero-order valence-corrected chi connectivity index (χ0v) is 11.5. The largest absolute Gasteiger partial charge is 0.496 e. The van der Waals surface area contributed by atoms with Gasteiger partial charge in [-0.1, -0.05) is 13.8 Å². The summed E-state index contributed by atoms with van der Waals surface area (Å²) in [5, 5.41) is 0. The molecule has 0 fully saturated rings. The van der Waals surface area contributed by atoms with Crippen LogP contribution in [0.4, 0.5) is 10.5 Å². The normalized spacial score (nSPS) is 10.4. The molecule has 0 saturated heterocycles. The lowest BCUT2D eigenvalue weighted by Gasteiger charge is -2.18. The van der Waals surface area contributed by atoms with Gasteiger partial charge in [-0.3, -0.25) is 4.79 Å². The van der Waals surface area contributed by atoms with Crippen LogP contribution in [0.25, 0.3) is 0 Å². The number of benzene rings is 1. The molecule has 16 heavy (non-hydrogen) atoms. The second kappa shape index (κ2) is 5.34. The third-order valence-electron chi connectivity index (χ3n) is 2.49. The van der Waals surface area contributed by atoms with Crippen molar-refractivity contribution >= 4 is 26.4 Å². The number of rotatable bonds is 3. The first-order valence-electron chi connectivity index (χ1n) is 5.08. The van der Waals surface area contributed by atoms with Crippen LogP contribution in [0, 0.1) is 0 Å². The molecule has 0 unspecified atom stereocenters. The van der Waals surface area contributed by atoms with Gasteiger partial charge >= 0.3 is 0 Å². The quantitative estimate of drug-likeness (QED) is 0.625. The number of halogens is 1. The second-order valence-corrected chi connectivity index (χ2v) is 4.57. The van der Waals surface area contributed by atoms with Gasteiger partial charge in [0.2, 0.25) is 0 Å². The molecular formula is C12H16BrNO2. The first kappa shape index (κ1) is 13.0. The van der Waals surface area contributed by atoms with Crippen molar-refractivity contribution in [3.8, 4) is 5.75 Å². The van der Waals surface area contributed by atoms with Crippen LogP contribution < -0.4 is 9.64 Å². The van der Waals surface area contributed by atoms with Crippen molar-refractivity contribution in [2.24, 2.45) is 0 Å². The number of methoxy groups -OCH3 is 1. The van der Waals surface area contributed by atoms with Gasteiger partial charge in [-0.15, -0.1) is 0 Å². The molecule has 88 valence electrons. The summed E-state index contributed by atoms with van der Waals surface area (Å²) in [5.41, 5.74) is 1.95. The maximum Gasteiger partial charge on any atom is 0.293 e. The number of hydrogen-bond acceptors (Lipinski definition) is 2. The first-order chi connectivity index (χ1) is 7.47. The van der Waals surface area contributed by atoms with Crippen molar-refractivity contribution < 1.29 is 9.53 Å². The molecule has 0 heterocycles. The standard InChI is InChI=1S/C12H16BrNO2/c1-8(2)10-7-9(14(3)12(13)15)5-6-11(10)16-4/h5-8H,1-4H3. The molecule has 0 atom stereocenters. The van der Waals surface area contributed by atoms with Gasteiger partial charge in [-0.25, -0.2) is 0 Å². The Morgan fingerprint density at radius 3 is 2.50 bits per heavy atom. The van der Waals surface area contributed by atoms with E-state index in [1.807, 2.05) is 18.2 Å². The van der Waals surface area contributed by atoms with Crippen molar-refractivity contribution in [3.63, 3.8) is 0 Å². The minimum absolute atomic E-state index is 0.160. The van der Waals surface area contributed by atoms with E-state index in [4.69, 9.17) is 4.74 Å². The SMILES string of the molecule is COc1ccc(N(C)C(=O)Br)cc1C(C)C. The van der Waals surface area contributed by atoms with Crippen molar-refractivity contribution in [1.29, 1.82) is 0 Å². The van der Waals surface area contributed by atoms with Gasteiger partial charge < -0.3 is 9.64 Å². The highest BCUT2D eigenvalue weighted by atomic mass is 79.9. The van der Waals surface area contributed by atoms with Crippen LogP contribution in [0.3, 0.4) is 0 Å². The number of amides is 1. The van der Waals surface area contributed by atoms with E-state index in [9.17, 15) is 4.79 Å². The number of nitrogens with zero attached hydrogens (tertiary/aromatic N) is 1. The zero-order valence-electron chi connectivity index (χ0n) is 9.95. The Bertz CT molecular complexity index is 391. The van der Waals surface area contributed by atoms with E-state index in [1.165, 1.54) is 0 Å². The van der Waals surface area contributed by atoms with Gasteiger partial charge in [-0.2, -0.15) is 0 Å². The Kier molecular flexibility index (Phi) is 4.35. The molecule has 1 rings (SSSR count). The van der Waals surface area contributed by atoms with Crippen molar-refractivity contribution in [2.45, 2.75) is 19.8 Å². The maximum atomic E-state index is 11.2. The fourth-order valence-corrected chi connectivity index (χ4v) is 1.69. The van der Waals surface area contributed by atoms with Crippen molar-refractivity contribution in [2.75, 3.05) is 19.1 Å². The van der Waals surface area contributed by atoms with Gasteiger partial charge in [-0.05, 0) is 29.7 Å². The van der Waals surface area contributed by atoms with Crippen LogP contribution in [0.1, 0.15) is 25.3 Å². The van der Waals surface area contributed by atoms with Crippen LogP contribution in [0.5, 0.6) is 5.75 Å². The van der Waals surface area contributed by atoms with Crippen LogP contribution in [0.15, 0.2) is 18.2 Å². The van der Waals surface area contributed by atoms with Crippen LogP contribution in [0.2, 0.25) is 0 Å². The van der Waals surface area contributed by atoms with E-state index in [0.717, 1.165) is 17.0 Å². The molecule has 0 bridgehead atoms. The molecule has 0 saturated carbocycles. The summed E-state index contributed by atoms with van der Waals surface area (Å²) in [7, 11) is 3.38. The summed E-state index contributed by atoms with van der Waals surface area (Å²) in [6.07, 6.45) is 0. The number of carbonyl (C=O) groups is 1. The lowest BCUT2D eigenvalue weighted by molar-refractivity contribution is 0.267. The predicted octanol–water partition coefficient (Wildman–Crippen LogP) is 3.77. The summed E-state index contributed by atoms with van der Waals surface area (Å²) in [6.45, 7) is 4.19. The fourth-order valence-electron chi connectivity index (χ4n) is 1.48. The van der Waals surface area contributed by atoms with Gasteiger partial charge in [0.25, 0.3) is 4.82 Å². The van der Waals surface area contributed by atoms with Gasteiger partial charge in [0.15, 0.2) is 0 Å². The molecule has 1 amide bonds. The van der Waals surface area contributed by atoms with Crippen LogP contribution in [-0.4, -0.2) is 19.0 Å². The Morgan fingerprint density at radius 2 is 2.06 bits per heavy atom. The first-order valence-corrected chi connectivity index (χ1v) is 5.87. The van der Waals surface area contributed by atoms with Crippen LogP contribution in [-0.2, 0) is 0 Å². The molecule has 0 aliphatic carbocycles. The third kappa shape index (κ3) is 2.76. The highest BCUT2D eigenvalue weighted by Crippen LogP contribution is 2.30. The number of ether oxygens (including phenoxy) is 1. The Labute approximate surface area is 105 Å². The van der Waals surface area contributed by atoms with E-state index in [-0.39, 0.29) is 4.82 Å². The average molecular weight is 286 g/mol. The third-order valence-corrected chi connectivity index (χ3v) is 3.02. The summed E-state index contributed by atoms with van der Waals surface area (Å²) in [6, 6.07) is 5.73. The minimum Gasteiger partial charge on any atom is -0.496 e. The molecule has 0 spiro atoms. The van der Waals surface area contributed by atoms with Gasteiger partial charge in [0.05, 0.1) is 7.11 Å². The molecule has 4 heteroatoms. The smallest absolute Gasteiger partial charge is 0.293 e. The second-order valence-electron chi connectivity index (χ2n) is 3.89. The molecule has 0 N–H and O–H groups in total. The maximum absolute atomic E-state index is 11.2. The molecule has 0 aromatic heterocycles. The van der Waals surface area contributed by atoms with Crippen molar-refractivity contribution in [1.82, 2.24) is 0 Å². The molecular weight excluding hydrogens is 270 g/mol. The fraction of sp³-hybridized carbons (Fsp3) is 0.417.